The zero-order chi connectivity index (χ0) is 13.9. The topological polar surface area (TPSA) is 54.0 Å². The lowest BCUT2D eigenvalue weighted by Crippen LogP contribution is -2.09. The number of benzene rings is 1. The van der Waals surface area contributed by atoms with Crippen molar-refractivity contribution in [1.29, 1.82) is 5.26 Å². The third-order valence-corrected chi connectivity index (χ3v) is 4.13. The highest BCUT2D eigenvalue weighted by atomic mass is 16.3. The Balaban J connectivity index is 2.13. The van der Waals surface area contributed by atoms with Crippen molar-refractivity contribution in [1.82, 2.24) is 0 Å². The maximum Gasteiger partial charge on any atom is 0.192 e. The van der Waals surface area contributed by atoms with E-state index in [1.165, 1.54) is 19.3 Å². The maximum absolute atomic E-state index is 12.3. The smallest absolute Gasteiger partial charge is 0.192 e. The Labute approximate surface area is 117 Å². The van der Waals surface area contributed by atoms with Gasteiger partial charge in [-0.05, 0) is 18.9 Å². The molecule has 0 aliphatic heterocycles. The molecule has 3 heteroatoms. The molecule has 0 atom stereocenters. The van der Waals surface area contributed by atoms with Crippen LogP contribution in [-0.2, 0) is 6.42 Å². The van der Waals surface area contributed by atoms with Crippen molar-refractivity contribution in [3.63, 3.8) is 0 Å². The predicted molar refractivity (Wildman–Crippen MR) is 77.6 cm³/mol. The number of hydrogen-bond donors (Lipinski definition) is 0. The van der Waals surface area contributed by atoms with E-state index < -0.39 is 0 Å². The van der Waals surface area contributed by atoms with Crippen LogP contribution >= 0.6 is 0 Å². The van der Waals surface area contributed by atoms with Gasteiger partial charge in [-0.1, -0.05) is 31.4 Å². The first kappa shape index (κ1) is 12.9. The van der Waals surface area contributed by atoms with Gasteiger partial charge in [0.15, 0.2) is 5.43 Å². The molecule has 20 heavy (non-hydrogen) atoms. The minimum Gasteiger partial charge on any atom is -0.460 e. The molecule has 1 aromatic carbocycles. The molecule has 0 N–H and O–H groups in total. The molecule has 0 saturated heterocycles. The average Bonchev–Trinajstić information content (AvgIpc) is 2.49. The van der Waals surface area contributed by atoms with E-state index in [0.29, 0.717) is 16.9 Å². The summed E-state index contributed by atoms with van der Waals surface area (Å²) < 4.78 is 6.01. The first-order valence-electron chi connectivity index (χ1n) is 7.22. The van der Waals surface area contributed by atoms with Crippen molar-refractivity contribution in [2.75, 3.05) is 0 Å². The van der Waals surface area contributed by atoms with E-state index in [-0.39, 0.29) is 11.8 Å². The van der Waals surface area contributed by atoms with Gasteiger partial charge in [0.1, 0.15) is 11.3 Å². The van der Waals surface area contributed by atoms with Crippen LogP contribution in [0.2, 0.25) is 0 Å². The first-order chi connectivity index (χ1) is 9.79. The maximum atomic E-state index is 12.3. The molecule has 1 fully saturated rings. The highest BCUT2D eigenvalue weighted by Gasteiger charge is 2.19. The minimum absolute atomic E-state index is 0.00612. The van der Waals surface area contributed by atoms with Gasteiger partial charge in [-0.2, -0.15) is 5.26 Å². The number of hydrogen-bond acceptors (Lipinski definition) is 3. The molecule has 1 aliphatic rings. The third kappa shape index (κ3) is 2.34. The number of nitriles is 1. The molecule has 0 amide bonds. The van der Waals surface area contributed by atoms with Gasteiger partial charge in [-0.15, -0.1) is 0 Å². The molecule has 1 aliphatic carbocycles. The second kappa shape index (κ2) is 5.50. The van der Waals surface area contributed by atoms with Gasteiger partial charge in [0, 0.05) is 17.5 Å². The van der Waals surface area contributed by atoms with E-state index in [1.807, 2.05) is 12.1 Å². The molecule has 102 valence electrons. The zero-order valence-electron chi connectivity index (χ0n) is 11.4. The van der Waals surface area contributed by atoms with Crippen LogP contribution in [0.25, 0.3) is 11.0 Å². The summed E-state index contributed by atoms with van der Waals surface area (Å²) in [4.78, 5) is 12.3. The van der Waals surface area contributed by atoms with Crippen molar-refractivity contribution >= 4 is 11.0 Å². The number of fused-ring (bicyclic) bond motifs is 1. The van der Waals surface area contributed by atoms with E-state index in [0.717, 1.165) is 24.2 Å². The molecule has 1 heterocycles. The zero-order valence-corrected chi connectivity index (χ0v) is 11.4. The third-order valence-electron chi connectivity index (χ3n) is 4.13. The Hall–Kier alpha value is -2.08. The van der Waals surface area contributed by atoms with Crippen LogP contribution in [0.1, 0.15) is 49.3 Å². The fourth-order valence-electron chi connectivity index (χ4n) is 3.07. The van der Waals surface area contributed by atoms with Gasteiger partial charge < -0.3 is 4.42 Å². The van der Waals surface area contributed by atoms with Crippen molar-refractivity contribution in [2.24, 2.45) is 0 Å². The van der Waals surface area contributed by atoms with Crippen LogP contribution in [0, 0.1) is 11.3 Å². The van der Waals surface area contributed by atoms with Crippen LogP contribution in [-0.4, -0.2) is 0 Å². The molecular weight excluding hydrogens is 250 g/mol. The Morgan fingerprint density at radius 2 is 2.05 bits per heavy atom. The molecule has 0 spiro atoms. The van der Waals surface area contributed by atoms with Crippen LogP contribution in [0.4, 0.5) is 0 Å². The summed E-state index contributed by atoms with van der Waals surface area (Å²) in [7, 11) is 0. The van der Waals surface area contributed by atoms with Crippen LogP contribution < -0.4 is 5.43 Å². The highest BCUT2D eigenvalue weighted by Crippen LogP contribution is 2.33. The van der Waals surface area contributed by atoms with Crippen molar-refractivity contribution in [2.45, 2.75) is 44.4 Å². The minimum atomic E-state index is 0.00612. The normalized spacial score (nSPS) is 16.1. The Morgan fingerprint density at radius 1 is 1.25 bits per heavy atom. The Morgan fingerprint density at radius 3 is 2.80 bits per heavy atom. The fraction of sp³-hybridized carbons (Fsp3) is 0.412. The van der Waals surface area contributed by atoms with Crippen molar-refractivity contribution in [3.05, 3.63) is 45.8 Å². The molecule has 0 unspecified atom stereocenters. The van der Waals surface area contributed by atoms with E-state index in [9.17, 15) is 4.79 Å². The summed E-state index contributed by atoms with van der Waals surface area (Å²) in [5.41, 5.74) is 1.41. The molecule has 3 nitrogen and oxygen atoms in total. The molecule has 2 aromatic rings. The van der Waals surface area contributed by atoms with E-state index in [1.54, 1.807) is 12.1 Å². The first-order valence-corrected chi connectivity index (χ1v) is 7.22. The van der Waals surface area contributed by atoms with E-state index in [2.05, 4.69) is 6.07 Å². The van der Waals surface area contributed by atoms with Crippen molar-refractivity contribution < 1.29 is 4.42 Å². The highest BCUT2D eigenvalue weighted by molar-refractivity contribution is 5.80. The van der Waals surface area contributed by atoms with Crippen LogP contribution in [0.15, 0.2) is 33.5 Å². The average molecular weight is 267 g/mol. The molecule has 1 saturated carbocycles. The van der Waals surface area contributed by atoms with Crippen LogP contribution in [0.5, 0.6) is 0 Å². The van der Waals surface area contributed by atoms with Crippen molar-refractivity contribution in [3.8, 4) is 6.07 Å². The number of rotatable bonds is 2. The summed E-state index contributed by atoms with van der Waals surface area (Å²) in [5.74, 6) is 1.16. The van der Waals surface area contributed by atoms with Gasteiger partial charge in [0.25, 0.3) is 0 Å². The summed E-state index contributed by atoms with van der Waals surface area (Å²) in [6.07, 6.45) is 6.13. The van der Waals surface area contributed by atoms with Gasteiger partial charge in [0.05, 0.1) is 17.9 Å². The Bertz CT molecular complexity index is 718. The van der Waals surface area contributed by atoms with Gasteiger partial charge in [0.2, 0.25) is 0 Å². The lowest BCUT2D eigenvalue weighted by molar-refractivity contribution is 0.380. The summed E-state index contributed by atoms with van der Waals surface area (Å²) >= 11 is 0. The second-order valence-electron chi connectivity index (χ2n) is 5.48. The van der Waals surface area contributed by atoms with Gasteiger partial charge in [-0.3, -0.25) is 4.79 Å². The molecule has 0 radical (unpaired) electrons. The summed E-state index contributed by atoms with van der Waals surface area (Å²) in [6, 6.07) is 9.22. The monoisotopic (exact) mass is 267 g/mol. The van der Waals surface area contributed by atoms with E-state index in [4.69, 9.17) is 9.68 Å². The number of para-hydroxylation sites is 1. The summed E-state index contributed by atoms with van der Waals surface area (Å²) in [5, 5.41) is 9.48. The quantitative estimate of drug-likeness (QED) is 0.829. The molecule has 0 bridgehead atoms. The summed E-state index contributed by atoms with van der Waals surface area (Å²) in [6.45, 7) is 0. The molecule has 3 rings (SSSR count). The SMILES string of the molecule is N#CCc1cccc2c(=O)cc(C3CCCCC3)oc12. The largest absolute Gasteiger partial charge is 0.460 e. The molecular formula is C17H17NO2. The molecule has 1 aromatic heterocycles. The fourth-order valence-corrected chi connectivity index (χ4v) is 3.07. The van der Waals surface area contributed by atoms with E-state index >= 15 is 0 Å². The number of nitrogens with zero attached hydrogens (tertiary/aromatic N) is 1. The lowest BCUT2D eigenvalue weighted by atomic mass is 9.87. The van der Waals surface area contributed by atoms with Gasteiger partial charge in [-0.25, -0.2) is 0 Å². The standard InChI is InChI=1S/C17H17NO2/c18-10-9-13-7-4-8-14-15(19)11-16(20-17(13)14)12-5-2-1-3-6-12/h4,7-8,11-12H,1-3,5-6,9H2. The van der Waals surface area contributed by atoms with Crippen LogP contribution in [0.3, 0.4) is 0 Å². The second-order valence-corrected chi connectivity index (χ2v) is 5.48. The Kier molecular flexibility index (Phi) is 3.56. The van der Waals surface area contributed by atoms with Gasteiger partial charge >= 0.3 is 0 Å². The predicted octanol–water partition coefficient (Wildman–Crippen LogP) is 3.91. The lowest BCUT2D eigenvalue weighted by Gasteiger charge is -2.20.